The minimum absolute atomic E-state index is 0.0224. The van der Waals surface area contributed by atoms with E-state index in [9.17, 15) is 14.9 Å². The largest absolute Gasteiger partial charge is 0.357 e. The summed E-state index contributed by atoms with van der Waals surface area (Å²) in [5, 5.41) is 24.8. The summed E-state index contributed by atoms with van der Waals surface area (Å²) in [6.07, 6.45) is 1.71. The Morgan fingerprint density at radius 1 is 1.39 bits per heavy atom. The number of aromatic nitrogens is 2. The highest BCUT2D eigenvalue weighted by molar-refractivity contribution is 8.01. The highest BCUT2D eigenvalue weighted by Crippen LogP contribution is 2.25. The van der Waals surface area contributed by atoms with Gasteiger partial charge < -0.3 is 10.6 Å². The summed E-state index contributed by atoms with van der Waals surface area (Å²) in [5.41, 5.74) is 0.484. The second kappa shape index (κ2) is 8.25. The van der Waals surface area contributed by atoms with E-state index in [4.69, 9.17) is 0 Å². The maximum atomic E-state index is 11.8. The molecule has 0 saturated heterocycles. The molecule has 0 aliphatic heterocycles. The minimum Gasteiger partial charge on any atom is -0.357 e. The first-order chi connectivity index (χ1) is 11.1. The Morgan fingerprint density at radius 2 is 2.13 bits per heavy atom. The first-order valence-corrected chi connectivity index (χ1v) is 8.24. The van der Waals surface area contributed by atoms with Gasteiger partial charge in [-0.3, -0.25) is 14.9 Å². The molecule has 1 aromatic carbocycles. The van der Waals surface area contributed by atoms with Gasteiger partial charge in [-0.05, 0) is 12.1 Å². The number of non-ortho nitro benzene ring substituents is 1. The second-order valence-corrected chi connectivity index (χ2v) is 6.38. The maximum absolute atomic E-state index is 11.8. The average molecular weight is 351 g/mol. The van der Waals surface area contributed by atoms with Crippen LogP contribution in [0.1, 0.15) is 0 Å². The highest BCUT2D eigenvalue weighted by atomic mass is 32.2. The summed E-state index contributed by atoms with van der Waals surface area (Å²) in [5.74, 6) is -0.0489. The van der Waals surface area contributed by atoms with Gasteiger partial charge >= 0.3 is 0 Å². The minimum atomic E-state index is -0.491. The van der Waals surface area contributed by atoms with Crippen LogP contribution in [0.2, 0.25) is 0 Å². The maximum Gasteiger partial charge on any atom is 0.269 e. The lowest BCUT2D eigenvalue weighted by Crippen LogP contribution is -2.13. The summed E-state index contributed by atoms with van der Waals surface area (Å²) in [6.45, 7) is 4.19. The van der Waals surface area contributed by atoms with Gasteiger partial charge in [-0.15, -0.1) is 16.8 Å². The Balaban J connectivity index is 1.81. The molecule has 0 atom stereocenters. The molecule has 0 fully saturated rings. The summed E-state index contributed by atoms with van der Waals surface area (Å²) < 4.78 is 0.676. The summed E-state index contributed by atoms with van der Waals surface area (Å²) in [7, 11) is 0. The lowest BCUT2D eigenvalue weighted by molar-refractivity contribution is -0.384. The van der Waals surface area contributed by atoms with Crippen LogP contribution in [0.4, 0.5) is 16.5 Å². The van der Waals surface area contributed by atoms with Gasteiger partial charge in [0.1, 0.15) is 0 Å². The number of thioether (sulfide) groups is 1. The lowest BCUT2D eigenvalue weighted by atomic mass is 10.3. The van der Waals surface area contributed by atoms with E-state index in [1.165, 1.54) is 47.4 Å². The number of nitro groups is 1. The third-order valence-electron chi connectivity index (χ3n) is 2.49. The zero-order valence-corrected chi connectivity index (χ0v) is 13.5. The third-order valence-corrected chi connectivity index (χ3v) is 4.51. The number of nitro benzene ring substituents is 1. The fraction of sp³-hybridized carbons (Fsp3) is 0.154. The monoisotopic (exact) mass is 351 g/mol. The number of carbonyl (C=O) groups is 1. The molecular weight excluding hydrogens is 338 g/mol. The zero-order chi connectivity index (χ0) is 16.7. The Morgan fingerprint density at radius 3 is 2.78 bits per heavy atom. The number of rotatable bonds is 8. The van der Waals surface area contributed by atoms with E-state index < -0.39 is 4.92 Å². The van der Waals surface area contributed by atoms with E-state index in [-0.39, 0.29) is 17.3 Å². The molecule has 2 aromatic rings. The molecule has 0 spiro atoms. The Hall–Kier alpha value is -2.46. The van der Waals surface area contributed by atoms with Crippen LogP contribution in [0, 0.1) is 10.1 Å². The molecule has 0 unspecified atom stereocenters. The molecule has 0 aliphatic rings. The number of amides is 1. The normalized spacial score (nSPS) is 10.1. The fourth-order valence-corrected chi connectivity index (χ4v) is 3.05. The van der Waals surface area contributed by atoms with Crippen molar-refractivity contribution in [2.75, 3.05) is 22.9 Å². The first kappa shape index (κ1) is 16.9. The molecule has 1 aromatic heterocycles. The first-order valence-electron chi connectivity index (χ1n) is 6.44. The average Bonchev–Trinajstić information content (AvgIpc) is 2.99. The van der Waals surface area contributed by atoms with E-state index in [1.807, 2.05) is 0 Å². The van der Waals surface area contributed by atoms with E-state index in [1.54, 1.807) is 6.08 Å². The molecule has 0 saturated carbocycles. The van der Waals surface area contributed by atoms with Crippen molar-refractivity contribution in [3.63, 3.8) is 0 Å². The quantitative estimate of drug-likeness (QED) is 0.326. The highest BCUT2D eigenvalue weighted by Gasteiger charge is 2.09. The van der Waals surface area contributed by atoms with Gasteiger partial charge in [0.25, 0.3) is 5.69 Å². The lowest BCUT2D eigenvalue weighted by Gasteiger charge is -2.03. The SMILES string of the molecule is C=CCNc1nnc(SCC(=O)Nc2ccc([N+](=O)[O-])cc2)s1. The van der Waals surface area contributed by atoms with Gasteiger partial charge in [-0.2, -0.15) is 0 Å². The van der Waals surface area contributed by atoms with Crippen LogP contribution in [-0.4, -0.2) is 33.3 Å². The van der Waals surface area contributed by atoms with Crippen molar-refractivity contribution in [1.82, 2.24) is 10.2 Å². The van der Waals surface area contributed by atoms with Crippen LogP contribution in [0.25, 0.3) is 0 Å². The van der Waals surface area contributed by atoms with Gasteiger partial charge in [0.2, 0.25) is 11.0 Å². The van der Waals surface area contributed by atoms with Crippen molar-refractivity contribution in [1.29, 1.82) is 0 Å². The van der Waals surface area contributed by atoms with Crippen LogP contribution in [0.3, 0.4) is 0 Å². The summed E-state index contributed by atoms with van der Waals surface area (Å²) in [4.78, 5) is 21.9. The molecule has 0 bridgehead atoms. The van der Waals surface area contributed by atoms with Crippen molar-refractivity contribution in [2.45, 2.75) is 4.34 Å². The molecule has 23 heavy (non-hydrogen) atoms. The molecule has 0 aliphatic carbocycles. The Bertz CT molecular complexity index is 702. The van der Waals surface area contributed by atoms with Crippen molar-refractivity contribution < 1.29 is 9.72 Å². The molecule has 1 amide bonds. The summed E-state index contributed by atoms with van der Waals surface area (Å²) >= 11 is 2.62. The second-order valence-electron chi connectivity index (χ2n) is 4.18. The molecule has 1 heterocycles. The van der Waals surface area contributed by atoms with E-state index in [2.05, 4.69) is 27.4 Å². The fourth-order valence-electron chi connectivity index (χ4n) is 1.49. The number of nitrogens with zero attached hydrogens (tertiary/aromatic N) is 3. The van der Waals surface area contributed by atoms with Gasteiger partial charge in [0, 0.05) is 24.4 Å². The van der Waals surface area contributed by atoms with Crippen molar-refractivity contribution in [2.24, 2.45) is 0 Å². The number of nitrogens with one attached hydrogen (secondary N) is 2. The Kier molecular flexibility index (Phi) is 6.06. The predicted molar refractivity (Wildman–Crippen MR) is 91.0 cm³/mol. The topological polar surface area (TPSA) is 110 Å². The number of benzene rings is 1. The van der Waals surface area contributed by atoms with Crippen LogP contribution >= 0.6 is 23.1 Å². The van der Waals surface area contributed by atoms with Crippen LogP contribution in [0.5, 0.6) is 0 Å². The van der Waals surface area contributed by atoms with Crippen LogP contribution in [0.15, 0.2) is 41.3 Å². The van der Waals surface area contributed by atoms with E-state index in [0.717, 1.165) is 0 Å². The molecule has 2 rings (SSSR count). The van der Waals surface area contributed by atoms with Gasteiger partial charge in [0.05, 0.1) is 10.7 Å². The standard InChI is InChI=1S/C13H13N5O3S2/c1-2-7-14-12-16-17-13(23-12)22-8-11(19)15-9-3-5-10(6-4-9)18(20)21/h2-6H,1,7-8H2,(H,14,16)(H,15,19). The van der Waals surface area contributed by atoms with Crippen molar-refractivity contribution in [3.8, 4) is 0 Å². The smallest absolute Gasteiger partial charge is 0.269 e. The third kappa shape index (κ3) is 5.34. The number of anilines is 2. The molecule has 120 valence electrons. The van der Waals surface area contributed by atoms with Crippen LogP contribution < -0.4 is 10.6 Å². The number of hydrogen-bond donors (Lipinski definition) is 2. The molecule has 0 radical (unpaired) electrons. The Labute approximate surface area is 140 Å². The van der Waals surface area contributed by atoms with Crippen molar-refractivity contribution >= 4 is 45.5 Å². The van der Waals surface area contributed by atoms with Gasteiger partial charge in [-0.1, -0.05) is 29.2 Å². The number of carbonyl (C=O) groups excluding carboxylic acids is 1. The summed E-state index contributed by atoms with van der Waals surface area (Å²) in [6, 6.07) is 5.65. The molecule has 10 heteroatoms. The van der Waals surface area contributed by atoms with Gasteiger partial charge in [0.15, 0.2) is 4.34 Å². The molecular formula is C13H13N5O3S2. The molecule has 8 nitrogen and oxygen atoms in total. The van der Waals surface area contributed by atoms with E-state index >= 15 is 0 Å². The van der Waals surface area contributed by atoms with Gasteiger partial charge in [-0.25, -0.2) is 0 Å². The zero-order valence-electron chi connectivity index (χ0n) is 11.9. The molecule has 2 N–H and O–H groups in total. The van der Waals surface area contributed by atoms with E-state index in [0.29, 0.717) is 21.7 Å². The number of hydrogen-bond acceptors (Lipinski definition) is 8. The predicted octanol–water partition coefficient (Wildman–Crippen LogP) is 2.78. The van der Waals surface area contributed by atoms with Crippen LogP contribution in [-0.2, 0) is 4.79 Å². The van der Waals surface area contributed by atoms with Crippen molar-refractivity contribution in [3.05, 3.63) is 47.0 Å².